The van der Waals surface area contributed by atoms with Gasteiger partial charge in [0, 0.05) is 27.8 Å². The minimum Gasteiger partial charge on any atom is -0.310 e. The summed E-state index contributed by atoms with van der Waals surface area (Å²) in [6, 6.07) is 71.7. The van der Waals surface area contributed by atoms with Gasteiger partial charge in [-0.1, -0.05) is 172 Å². The van der Waals surface area contributed by atoms with E-state index in [1.165, 1.54) is 72.3 Å². The predicted octanol–water partition coefficient (Wildman–Crippen LogP) is 14.1. The van der Waals surface area contributed by atoms with E-state index in [9.17, 15) is 0 Å². The lowest BCUT2D eigenvalue weighted by Gasteiger charge is -2.32. The maximum atomic E-state index is 2.49. The van der Waals surface area contributed by atoms with Gasteiger partial charge in [-0.3, -0.25) is 0 Å². The molecular weight excluding hydrogens is 651 g/mol. The van der Waals surface area contributed by atoms with E-state index in [4.69, 9.17) is 0 Å². The molecule has 0 aromatic heterocycles. The lowest BCUT2D eigenvalue weighted by molar-refractivity contribution is 0.660. The summed E-state index contributed by atoms with van der Waals surface area (Å²) >= 11 is 0. The van der Waals surface area contributed by atoms with Crippen molar-refractivity contribution in [1.82, 2.24) is 0 Å². The van der Waals surface area contributed by atoms with Crippen molar-refractivity contribution < 1.29 is 0 Å². The summed E-state index contributed by atoms with van der Waals surface area (Å²) in [5.74, 6) is 0. The van der Waals surface area contributed by atoms with Crippen LogP contribution in [0.2, 0.25) is 0 Å². The van der Waals surface area contributed by atoms with Crippen molar-refractivity contribution in [3.05, 3.63) is 222 Å². The Bertz CT molecular complexity index is 2690. The van der Waals surface area contributed by atoms with Crippen LogP contribution in [0.4, 0.5) is 17.1 Å². The summed E-state index contributed by atoms with van der Waals surface area (Å²) in [4.78, 5) is 2.49. The molecule has 2 aliphatic carbocycles. The van der Waals surface area contributed by atoms with Crippen molar-refractivity contribution in [3.8, 4) is 44.5 Å². The minimum atomic E-state index is -0.362. The fourth-order valence-corrected chi connectivity index (χ4v) is 9.34. The standard InChI is InChI=1S/C53H41N/c1-52(2)47-25-15-13-24-43(47)44-31-28-40(34-48(44)52)54(51-26-16-14-23-42(51)37-19-9-5-10-20-37)41-29-32-46-45-30-27-38(36-17-7-4-8-18-36)33-49(45)53(3,50(46)35-41)39-21-11-6-12-22-39/h4-35H,1-3H3. The first kappa shape index (κ1) is 32.2. The summed E-state index contributed by atoms with van der Waals surface area (Å²) in [7, 11) is 0. The SMILES string of the molecule is CC1(C)c2ccccc2-c2ccc(N(c3ccc4c(c3)C(C)(c3ccccc3)c3cc(-c5ccccc5)ccc3-4)c3ccccc3-c3ccccc3)cc21. The molecule has 8 aromatic rings. The van der Waals surface area contributed by atoms with Crippen LogP contribution in [0.1, 0.15) is 48.6 Å². The molecule has 1 atom stereocenters. The van der Waals surface area contributed by atoms with E-state index in [1.807, 2.05) is 0 Å². The Balaban J connectivity index is 1.21. The van der Waals surface area contributed by atoms with Crippen molar-refractivity contribution in [2.75, 3.05) is 4.90 Å². The number of hydrogen-bond acceptors (Lipinski definition) is 1. The molecular formula is C53H41N. The first-order valence-electron chi connectivity index (χ1n) is 19.0. The topological polar surface area (TPSA) is 3.24 Å². The molecule has 54 heavy (non-hydrogen) atoms. The molecule has 0 heterocycles. The van der Waals surface area contributed by atoms with E-state index < -0.39 is 0 Å². The molecule has 1 nitrogen and oxygen atoms in total. The molecule has 0 saturated carbocycles. The zero-order chi connectivity index (χ0) is 36.4. The number of anilines is 3. The quantitative estimate of drug-likeness (QED) is 0.168. The number of rotatable bonds is 6. The molecule has 0 saturated heterocycles. The molecule has 0 amide bonds. The van der Waals surface area contributed by atoms with E-state index in [2.05, 4.69) is 220 Å². The van der Waals surface area contributed by atoms with E-state index in [0.29, 0.717) is 0 Å². The van der Waals surface area contributed by atoms with Crippen molar-refractivity contribution in [2.24, 2.45) is 0 Å². The minimum absolute atomic E-state index is 0.117. The highest BCUT2D eigenvalue weighted by Crippen LogP contribution is 2.56. The molecule has 1 unspecified atom stereocenters. The van der Waals surface area contributed by atoms with Gasteiger partial charge < -0.3 is 4.90 Å². The first-order chi connectivity index (χ1) is 26.4. The predicted molar refractivity (Wildman–Crippen MR) is 227 cm³/mol. The third kappa shape index (κ3) is 4.85. The van der Waals surface area contributed by atoms with Gasteiger partial charge in [-0.2, -0.15) is 0 Å². The third-order valence-corrected chi connectivity index (χ3v) is 12.2. The van der Waals surface area contributed by atoms with Gasteiger partial charge in [0.15, 0.2) is 0 Å². The molecule has 10 rings (SSSR count). The van der Waals surface area contributed by atoms with Crippen LogP contribution in [0.3, 0.4) is 0 Å². The number of para-hydroxylation sites is 1. The summed E-state index contributed by atoms with van der Waals surface area (Å²) in [6.45, 7) is 7.15. The van der Waals surface area contributed by atoms with Gasteiger partial charge in [0.05, 0.1) is 5.69 Å². The van der Waals surface area contributed by atoms with E-state index in [-0.39, 0.29) is 10.8 Å². The van der Waals surface area contributed by atoms with Crippen molar-refractivity contribution >= 4 is 17.1 Å². The van der Waals surface area contributed by atoms with Crippen LogP contribution in [0.15, 0.2) is 194 Å². The van der Waals surface area contributed by atoms with Crippen molar-refractivity contribution in [1.29, 1.82) is 0 Å². The highest BCUT2D eigenvalue weighted by atomic mass is 15.1. The summed E-state index contributed by atoms with van der Waals surface area (Å²) < 4.78 is 0. The molecule has 0 spiro atoms. The smallest absolute Gasteiger partial charge is 0.0540 e. The molecule has 0 bridgehead atoms. The zero-order valence-electron chi connectivity index (χ0n) is 30.9. The van der Waals surface area contributed by atoms with E-state index in [1.54, 1.807) is 0 Å². The average molecular weight is 692 g/mol. The lowest BCUT2D eigenvalue weighted by Crippen LogP contribution is -2.23. The Morgan fingerprint density at radius 1 is 0.333 bits per heavy atom. The fourth-order valence-electron chi connectivity index (χ4n) is 9.34. The second-order valence-corrected chi connectivity index (χ2v) is 15.5. The normalized spacial score (nSPS) is 15.9. The van der Waals surface area contributed by atoms with Gasteiger partial charge in [-0.25, -0.2) is 0 Å². The average Bonchev–Trinajstić information content (AvgIpc) is 3.62. The van der Waals surface area contributed by atoms with Gasteiger partial charge in [0.2, 0.25) is 0 Å². The number of fused-ring (bicyclic) bond motifs is 6. The number of nitrogens with zero attached hydrogens (tertiary/aromatic N) is 1. The van der Waals surface area contributed by atoms with Crippen LogP contribution in [-0.4, -0.2) is 0 Å². The highest BCUT2D eigenvalue weighted by Gasteiger charge is 2.42. The lowest BCUT2D eigenvalue weighted by atomic mass is 9.73. The van der Waals surface area contributed by atoms with Crippen LogP contribution in [-0.2, 0) is 10.8 Å². The van der Waals surface area contributed by atoms with Crippen LogP contribution in [0, 0.1) is 0 Å². The summed E-state index contributed by atoms with van der Waals surface area (Å²) in [5.41, 5.74) is 19.8. The Morgan fingerprint density at radius 3 is 1.50 bits per heavy atom. The second kappa shape index (κ2) is 12.3. The molecule has 0 fully saturated rings. The van der Waals surface area contributed by atoms with Crippen LogP contribution < -0.4 is 4.90 Å². The zero-order valence-corrected chi connectivity index (χ0v) is 30.9. The van der Waals surface area contributed by atoms with Crippen molar-refractivity contribution in [3.63, 3.8) is 0 Å². The van der Waals surface area contributed by atoms with Gasteiger partial charge in [0.1, 0.15) is 0 Å². The van der Waals surface area contributed by atoms with Gasteiger partial charge >= 0.3 is 0 Å². The molecule has 0 aliphatic heterocycles. The number of benzene rings is 8. The Labute approximate surface area is 318 Å². The Morgan fingerprint density at radius 2 is 0.815 bits per heavy atom. The van der Waals surface area contributed by atoms with Crippen LogP contribution in [0.5, 0.6) is 0 Å². The largest absolute Gasteiger partial charge is 0.310 e. The molecule has 0 radical (unpaired) electrons. The first-order valence-corrected chi connectivity index (χ1v) is 19.0. The van der Waals surface area contributed by atoms with Crippen LogP contribution in [0.25, 0.3) is 44.5 Å². The van der Waals surface area contributed by atoms with E-state index in [0.717, 1.165) is 17.1 Å². The second-order valence-electron chi connectivity index (χ2n) is 15.5. The molecule has 1 heteroatoms. The highest BCUT2D eigenvalue weighted by molar-refractivity contribution is 5.93. The monoisotopic (exact) mass is 691 g/mol. The van der Waals surface area contributed by atoms with Gasteiger partial charge in [-0.05, 0) is 110 Å². The van der Waals surface area contributed by atoms with Crippen molar-refractivity contribution in [2.45, 2.75) is 31.6 Å². The third-order valence-electron chi connectivity index (χ3n) is 12.2. The van der Waals surface area contributed by atoms with E-state index >= 15 is 0 Å². The maximum Gasteiger partial charge on any atom is 0.0540 e. The summed E-state index contributed by atoms with van der Waals surface area (Å²) in [5, 5.41) is 0. The number of hydrogen-bond donors (Lipinski definition) is 0. The Kier molecular flexibility index (Phi) is 7.35. The van der Waals surface area contributed by atoms with Gasteiger partial charge in [0.25, 0.3) is 0 Å². The Hall–Kier alpha value is -6.44. The molecule has 2 aliphatic rings. The molecule has 8 aromatic carbocycles. The maximum absolute atomic E-state index is 2.49. The molecule has 258 valence electrons. The summed E-state index contributed by atoms with van der Waals surface area (Å²) in [6.07, 6.45) is 0. The fraction of sp³-hybridized carbons (Fsp3) is 0.0943. The molecule has 0 N–H and O–H groups in total. The van der Waals surface area contributed by atoms with Gasteiger partial charge in [-0.15, -0.1) is 0 Å². The van der Waals surface area contributed by atoms with Crippen LogP contribution >= 0.6 is 0 Å².